The lowest BCUT2D eigenvalue weighted by Gasteiger charge is -2.04. The minimum absolute atomic E-state index is 0.281. The zero-order chi connectivity index (χ0) is 20.7. The van der Waals surface area contributed by atoms with Crippen molar-refractivity contribution in [2.24, 2.45) is 5.92 Å². The molecular formula is C26H48O2. The van der Waals surface area contributed by atoms with Gasteiger partial charge >= 0.3 is 5.97 Å². The second kappa shape index (κ2) is 22.2. The van der Waals surface area contributed by atoms with E-state index in [-0.39, 0.29) is 6.42 Å². The first-order chi connectivity index (χ1) is 13.6. The summed E-state index contributed by atoms with van der Waals surface area (Å²) < 4.78 is 0. The molecule has 0 aromatic carbocycles. The van der Waals surface area contributed by atoms with E-state index in [0.717, 1.165) is 31.6 Å². The van der Waals surface area contributed by atoms with E-state index in [9.17, 15) is 4.79 Å². The molecule has 0 rings (SSSR count). The van der Waals surface area contributed by atoms with E-state index < -0.39 is 5.97 Å². The number of aliphatic carboxylic acids is 1. The molecule has 0 bridgehead atoms. The van der Waals surface area contributed by atoms with Crippen molar-refractivity contribution in [2.75, 3.05) is 0 Å². The molecule has 0 saturated carbocycles. The number of carbonyl (C=O) groups is 1. The fourth-order valence-electron chi connectivity index (χ4n) is 3.44. The number of hydrogen-bond donors (Lipinski definition) is 1. The van der Waals surface area contributed by atoms with Crippen LogP contribution in [0.5, 0.6) is 0 Å². The second-order valence-electron chi connectivity index (χ2n) is 8.67. The Labute approximate surface area is 175 Å². The lowest BCUT2D eigenvalue weighted by molar-refractivity contribution is -0.137. The summed E-state index contributed by atoms with van der Waals surface area (Å²) in [5.74, 6) is 0.181. The molecule has 0 spiro atoms. The maximum absolute atomic E-state index is 10.4. The molecule has 0 fully saturated rings. The highest BCUT2D eigenvalue weighted by molar-refractivity contribution is 5.66. The number of rotatable bonds is 21. The van der Waals surface area contributed by atoms with Gasteiger partial charge in [-0.25, -0.2) is 0 Å². The van der Waals surface area contributed by atoms with Crippen molar-refractivity contribution in [3.8, 4) is 0 Å². The summed E-state index contributed by atoms with van der Waals surface area (Å²) in [6.07, 6.45) is 31.2. The van der Waals surface area contributed by atoms with Gasteiger partial charge in [-0.3, -0.25) is 4.79 Å². The average Bonchev–Trinajstić information content (AvgIpc) is 2.65. The molecule has 2 nitrogen and oxygen atoms in total. The molecule has 0 amide bonds. The molecule has 0 saturated heterocycles. The van der Waals surface area contributed by atoms with Gasteiger partial charge in [-0.15, -0.1) is 0 Å². The maximum atomic E-state index is 10.4. The Morgan fingerprint density at radius 2 is 1.00 bits per heavy atom. The van der Waals surface area contributed by atoms with E-state index in [1.165, 1.54) is 83.5 Å². The van der Waals surface area contributed by atoms with Crippen molar-refractivity contribution in [3.05, 3.63) is 24.3 Å². The van der Waals surface area contributed by atoms with Crippen molar-refractivity contribution in [2.45, 2.75) is 129 Å². The summed E-state index contributed by atoms with van der Waals surface area (Å²) in [5.41, 5.74) is 0. The van der Waals surface area contributed by atoms with Crippen LogP contribution in [0.2, 0.25) is 0 Å². The topological polar surface area (TPSA) is 37.3 Å². The Hall–Kier alpha value is -1.05. The van der Waals surface area contributed by atoms with Gasteiger partial charge in [0.15, 0.2) is 0 Å². The van der Waals surface area contributed by atoms with Crippen LogP contribution in [0.1, 0.15) is 129 Å². The number of hydrogen-bond acceptors (Lipinski definition) is 1. The van der Waals surface area contributed by atoms with Crippen molar-refractivity contribution in [3.63, 3.8) is 0 Å². The quantitative estimate of drug-likeness (QED) is 0.156. The van der Waals surface area contributed by atoms with Crippen molar-refractivity contribution >= 4 is 5.97 Å². The minimum Gasteiger partial charge on any atom is -0.481 e. The fraction of sp³-hybridized carbons (Fsp3) is 0.808. The molecule has 1 N–H and O–H groups in total. The maximum Gasteiger partial charge on any atom is 0.303 e. The molecule has 0 aliphatic heterocycles. The van der Waals surface area contributed by atoms with E-state index in [1.807, 2.05) is 0 Å². The Balaban J connectivity index is 3.15. The highest BCUT2D eigenvalue weighted by Crippen LogP contribution is 2.14. The van der Waals surface area contributed by atoms with Crippen LogP contribution in [0.15, 0.2) is 24.3 Å². The van der Waals surface area contributed by atoms with E-state index in [4.69, 9.17) is 5.11 Å². The normalized spacial score (nSPS) is 12.0. The summed E-state index contributed by atoms with van der Waals surface area (Å²) in [6, 6.07) is 0. The van der Waals surface area contributed by atoms with Gasteiger partial charge in [0.1, 0.15) is 0 Å². The van der Waals surface area contributed by atoms with Crippen LogP contribution in [0.25, 0.3) is 0 Å². The van der Waals surface area contributed by atoms with Crippen LogP contribution in [-0.2, 0) is 4.79 Å². The molecule has 28 heavy (non-hydrogen) atoms. The number of allylic oxidation sites excluding steroid dienone is 4. The third-order valence-electron chi connectivity index (χ3n) is 5.25. The molecule has 164 valence electrons. The summed E-state index contributed by atoms with van der Waals surface area (Å²) in [6.45, 7) is 4.65. The molecule has 0 aromatic heterocycles. The Kier molecular flexibility index (Phi) is 21.4. The van der Waals surface area contributed by atoms with Crippen LogP contribution >= 0.6 is 0 Å². The molecule has 0 atom stereocenters. The third-order valence-corrected chi connectivity index (χ3v) is 5.25. The smallest absolute Gasteiger partial charge is 0.303 e. The zero-order valence-corrected chi connectivity index (χ0v) is 19.0. The van der Waals surface area contributed by atoms with Crippen molar-refractivity contribution in [1.29, 1.82) is 0 Å². The van der Waals surface area contributed by atoms with Gasteiger partial charge in [-0.05, 0) is 44.4 Å². The third kappa shape index (κ3) is 24.9. The van der Waals surface area contributed by atoms with Gasteiger partial charge in [0.25, 0.3) is 0 Å². The monoisotopic (exact) mass is 392 g/mol. The van der Waals surface area contributed by atoms with Gasteiger partial charge in [0, 0.05) is 6.42 Å². The summed E-state index contributed by atoms with van der Waals surface area (Å²) in [5, 5.41) is 8.55. The molecule has 0 aromatic rings. The highest BCUT2D eigenvalue weighted by Gasteiger charge is 1.96. The van der Waals surface area contributed by atoms with Gasteiger partial charge in [-0.2, -0.15) is 0 Å². The van der Waals surface area contributed by atoms with E-state index in [1.54, 1.807) is 0 Å². The van der Waals surface area contributed by atoms with Crippen LogP contribution in [-0.4, -0.2) is 11.1 Å². The number of carboxylic acid groups (broad SMARTS) is 1. The average molecular weight is 393 g/mol. The fourth-order valence-corrected chi connectivity index (χ4v) is 3.44. The highest BCUT2D eigenvalue weighted by atomic mass is 16.4. The van der Waals surface area contributed by atoms with Crippen molar-refractivity contribution in [1.82, 2.24) is 0 Å². The summed E-state index contributed by atoms with van der Waals surface area (Å²) in [4.78, 5) is 10.4. The Bertz CT molecular complexity index is 382. The lowest BCUT2D eigenvalue weighted by atomic mass is 10.0. The predicted molar refractivity (Wildman–Crippen MR) is 124 cm³/mol. The number of unbranched alkanes of at least 4 members (excludes halogenated alkanes) is 13. The van der Waals surface area contributed by atoms with E-state index in [2.05, 4.69) is 38.2 Å². The number of carboxylic acids is 1. The lowest BCUT2D eigenvalue weighted by Crippen LogP contribution is -1.92. The first-order valence-corrected chi connectivity index (χ1v) is 12.1. The van der Waals surface area contributed by atoms with Crippen LogP contribution in [0.3, 0.4) is 0 Å². The SMILES string of the molecule is CC(C)CCCCCCCCCCCCC/C=C\CC/C=C\CCCC(=O)O. The Morgan fingerprint density at radius 3 is 1.46 bits per heavy atom. The first kappa shape index (κ1) is 27.0. The summed E-state index contributed by atoms with van der Waals surface area (Å²) >= 11 is 0. The molecule has 0 aliphatic rings. The van der Waals surface area contributed by atoms with Gasteiger partial charge < -0.3 is 5.11 Å². The van der Waals surface area contributed by atoms with E-state index in [0.29, 0.717) is 0 Å². The van der Waals surface area contributed by atoms with Crippen LogP contribution in [0.4, 0.5) is 0 Å². The standard InChI is InChI=1S/C26H48O2/c1-25(2)23-21-19-17-15-13-11-9-7-5-3-4-6-8-10-12-14-16-18-20-22-24-26(27)28/h8,10,16,18,25H,3-7,9,11-15,17,19-24H2,1-2H3,(H,27,28)/b10-8-,18-16-. The van der Waals surface area contributed by atoms with Gasteiger partial charge in [-0.1, -0.05) is 109 Å². The van der Waals surface area contributed by atoms with E-state index >= 15 is 0 Å². The predicted octanol–water partition coefficient (Wildman–Crippen LogP) is 8.86. The molecule has 2 heteroatoms. The van der Waals surface area contributed by atoms with Gasteiger partial charge in [0.2, 0.25) is 0 Å². The molecular weight excluding hydrogens is 344 g/mol. The van der Waals surface area contributed by atoms with Gasteiger partial charge in [0.05, 0.1) is 0 Å². The molecule has 0 unspecified atom stereocenters. The molecule has 0 radical (unpaired) electrons. The first-order valence-electron chi connectivity index (χ1n) is 12.1. The largest absolute Gasteiger partial charge is 0.481 e. The molecule has 0 heterocycles. The van der Waals surface area contributed by atoms with Crippen molar-refractivity contribution < 1.29 is 9.90 Å². The van der Waals surface area contributed by atoms with Crippen LogP contribution < -0.4 is 0 Å². The Morgan fingerprint density at radius 1 is 0.607 bits per heavy atom. The molecule has 0 aliphatic carbocycles. The van der Waals surface area contributed by atoms with Crippen LogP contribution in [0, 0.1) is 5.92 Å². The minimum atomic E-state index is -0.695. The second-order valence-corrected chi connectivity index (χ2v) is 8.67. The zero-order valence-electron chi connectivity index (χ0n) is 19.0. The summed E-state index contributed by atoms with van der Waals surface area (Å²) in [7, 11) is 0.